The van der Waals surface area contributed by atoms with E-state index in [0.29, 0.717) is 4.83 Å². The number of methoxy groups -OCH3 is 1. The molecule has 1 unspecified atom stereocenters. The third-order valence-corrected chi connectivity index (χ3v) is 4.35. The van der Waals surface area contributed by atoms with E-state index in [9.17, 15) is 0 Å². The molecular weight excluding hydrogens is 276 g/mol. The Morgan fingerprint density at radius 3 is 2.82 bits per heavy atom. The maximum atomic E-state index is 5.25. The fourth-order valence-corrected chi connectivity index (χ4v) is 3.65. The fourth-order valence-electron chi connectivity index (χ4n) is 2.75. The van der Waals surface area contributed by atoms with Crippen LogP contribution in [0.2, 0.25) is 0 Å². The van der Waals surface area contributed by atoms with Crippen molar-refractivity contribution in [2.24, 2.45) is 5.92 Å². The number of hydrogen-bond donors (Lipinski definition) is 0. The molecule has 1 aromatic rings. The van der Waals surface area contributed by atoms with Crippen molar-refractivity contribution in [2.75, 3.05) is 7.11 Å². The van der Waals surface area contributed by atoms with Crippen molar-refractivity contribution in [2.45, 2.75) is 43.4 Å². The topological polar surface area (TPSA) is 9.23 Å². The Hall–Kier alpha value is -0.500. The van der Waals surface area contributed by atoms with Crippen LogP contribution in [0.15, 0.2) is 24.3 Å². The van der Waals surface area contributed by atoms with E-state index in [0.717, 1.165) is 18.1 Å². The van der Waals surface area contributed by atoms with Crippen molar-refractivity contribution < 1.29 is 4.74 Å². The van der Waals surface area contributed by atoms with E-state index in [-0.39, 0.29) is 0 Å². The molecule has 1 aromatic carbocycles. The van der Waals surface area contributed by atoms with Gasteiger partial charge in [0.25, 0.3) is 0 Å². The Kier molecular flexibility index (Phi) is 4.90. The van der Waals surface area contributed by atoms with Gasteiger partial charge in [0.1, 0.15) is 5.75 Å². The number of halogens is 1. The monoisotopic (exact) mass is 296 g/mol. The molecule has 2 rings (SSSR count). The molecule has 0 spiro atoms. The second kappa shape index (κ2) is 6.44. The zero-order valence-electron chi connectivity index (χ0n) is 10.5. The Morgan fingerprint density at radius 1 is 1.35 bits per heavy atom. The molecule has 1 nitrogen and oxygen atoms in total. The predicted octanol–water partition coefficient (Wildman–Crippen LogP) is 4.58. The summed E-state index contributed by atoms with van der Waals surface area (Å²) in [6.45, 7) is 0. The first kappa shape index (κ1) is 12.9. The first-order valence-electron chi connectivity index (χ1n) is 6.55. The summed E-state index contributed by atoms with van der Waals surface area (Å²) in [5.41, 5.74) is 1.37. The van der Waals surface area contributed by atoms with E-state index in [4.69, 9.17) is 4.74 Å². The summed E-state index contributed by atoms with van der Waals surface area (Å²) in [6, 6.07) is 8.40. The fraction of sp³-hybridized carbons (Fsp3) is 0.600. The van der Waals surface area contributed by atoms with Crippen LogP contribution in [0.25, 0.3) is 0 Å². The molecule has 0 N–H and O–H groups in total. The Labute approximate surface area is 113 Å². The number of ether oxygens (including phenoxy) is 1. The van der Waals surface area contributed by atoms with E-state index >= 15 is 0 Å². The summed E-state index contributed by atoms with van der Waals surface area (Å²) in [7, 11) is 1.73. The molecule has 1 aliphatic carbocycles. The minimum atomic E-state index is 0.609. The molecule has 1 fully saturated rings. The molecule has 0 heterocycles. The Morgan fingerprint density at radius 2 is 2.12 bits per heavy atom. The molecule has 1 aliphatic rings. The van der Waals surface area contributed by atoms with Gasteiger partial charge in [0, 0.05) is 4.83 Å². The van der Waals surface area contributed by atoms with Crippen LogP contribution in [-0.4, -0.2) is 11.9 Å². The average Bonchev–Trinajstić information content (AvgIpc) is 2.82. The molecule has 0 aromatic heterocycles. The molecule has 1 saturated carbocycles. The highest BCUT2D eigenvalue weighted by atomic mass is 79.9. The Bertz CT molecular complexity index is 345. The molecule has 0 saturated heterocycles. The van der Waals surface area contributed by atoms with Gasteiger partial charge in [-0.05, 0) is 36.5 Å². The summed E-state index contributed by atoms with van der Waals surface area (Å²) < 4.78 is 5.25. The largest absolute Gasteiger partial charge is 0.497 e. The van der Waals surface area contributed by atoms with Gasteiger partial charge in [0.15, 0.2) is 0 Å². The second-order valence-corrected chi connectivity index (χ2v) is 6.33. The summed E-state index contributed by atoms with van der Waals surface area (Å²) in [6.07, 6.45) is 8.15. The molecule has 94 valence electrons. The summed E-state index contributed by atoms with van der Waals surface area (Å²) in [5.74, 6) is 1.91. The Balaban J connectivity index is 1.85. The SMILES string of the molecule is COc1cccc(CC(Br)CC2CCCC2)c1. The van der Waals surface area contributed by atoms with E-state index < -0.39 is 0 Å². The van der Waals surface area contributed by atoms with Gasteiger partial charge in [-0.2, -0.15) is 0 Å². The first-order chi connectivity index (χ1) is 8.28. The van der Waals surface area contributed by atoms with Crippen LogP contribution in [0.4, 0.5) is 0 Å². The molecule has 0 amide bonds. The molecular formula is C15H21BrO. The zero-order chi connectivity index (χ0) is 12.1. The van der Waals surface area contributed by atoms with Gasteiger partial charge in [0.2, 0.25) is 0 Å². The van der Waals surface area contributed by atoms with Gasteiger partial charge < -0.3 is 4.74 Å². The highest BCUT2D eigenvalue weighted by molar-refractivity contribution is 9.09. The van der Waals surface area contributed by atoms with Gasteiger partial charge >= 0.3 is 0 Å². The van der Waals surface area contributed by atoms with Crippen molar-refractivity contribution >= 4 is 15.9 Å². The lowest BCUT2D eigenvalue weighted by atomic mass is 9.98. The number of hydrogen-bond acceptors (Lipinski definition) is 1. The zero-order valence-corrected chi connectivity index (χ0v) is 12.1. The quantitative estimate of drug-likeness (QED) is 0.723. The lowest BCUT2D eigenvalue weighted by molar-refractivity contribution is 0.414. The van der Waals surface area contributed by atoms with E-state index in [1.807, 2.05) is 6.07 Å². The van der Waals surface area contributed by atoms with Crippen molar-refractivity contribution in [1.82, 2.24) is 0 Å². The van der Waals surface area contributed by atoms with Gasteiger partial charge in [-0.1, -0.05) is 53.7 Å². The highest BCUT2D eigenvalue weighted by Gasteiger charge is 2.18. The van der Waals surface area contributed by atoms with Gasteiger partial charge in [-0.3, -0.25) is 0 Å². The van der Waals surface area contributed by atoms with E-state index in [1.54, 1.807) is 7.11 Å². The lowest BCUT2D eigenvalue weighted by Crippen LogP contribution is -2.08. The van der Waals surface area contributed by atoms with Gasteiger partial charge in [-0.15, -0.1) is 0 Å². The molecule has 0 radical (unpaired) electrons. The van der Waals surface area contributed by atoms with Crippen LogP contribution in [0.1, 0.15) is 37.7 Å². The van der Waals surface area contributed by atoms with E-state index in [1.165, 1.54) is 37.7 Å². The third kappa shape index (κ3) is 4.02. The normalized spacial score (nSPS) is 18.2. The van der Waals surface area contributed by atoms with Crippen molar-refractivity contribution in [3.63, 3.8) is 0 Å². The second-order valence-electron chi connectivity index (χ2n) is 5.04. The maximum Gasteiger partial charge on any atom is 0.119 e. The number of alkyl halides is 1. The third-order valence-electron chi connectivity index (χ3n) is 3.66. The summed E-state index contributed by atoms with van der Waals surface area (Å²) in [5, 5.41) is 0. The standard InChI is InChI=1S/C15H21BrO/c1-17-15-8-4-7-13(11-15)10-14(16)9-12-5-2-3-6-12/h4,7-8,11-12,14H,2-3,5-6,9-10H2,1H3. The lowest BCUT2D eigenvalue weighted by Gasteiger charge is -2.15. The first-order valence-corrected chi connectivity index (χ1v) is 7.46. The van der Waals surface area contributed by atoms with Gasteiger partial charge in [0.05, 0.1) is 7.11 Å². The minimum absolute atomic E-state index is 0.609. The van der Waals surface area contributed by atoms with Crippen LogP contribution in [0.3, 0.4) is 0 Å². The smallest absolute Gasteiger partial charge is 0.119 e. The van der Waals surface area contributed by atoms with Crippen LogP contribution in [0, 0.1) is 5.92 Å². The van der Waals surface area contributed by atoms with Crippen molar-refractivity contribution in [3.05, 3.63) is 29.8 Å². The minimum Gasteiger partial charge on any atom is -0.497 e. The van der Waals surface area contributed by atoms with Crippen LogP contribution in [-0.2, 0) is 6.42 Å². The molecule has 0 aliphatic heterocycles. The van der Waals surface area contributed by atoms with Crippen molar-refractivity contribution in [1.29, 1.82) is 0 Å². The highest BCUT2D eigenvalue weighted by Crippen LogP contribution is 2.31. The average molecular weight is 297 g/mol. The molecule has 2 heteroatoms. The van der Waals surface area contributed by atoms with E-state index in [2.05, 4.69) is 34.1 Å². The number of rotatable bonds is 5. The molecule has 0 bridgehead atoms. The van der Waals surface area contributed by atoms with Crippen LogP contribution in [0.5, 0.6) is 5.75 Å². The summed E-state index contributed by atoms with van der Waals surface area (Å²) in [4.78, 5) is 0.609. The summed E-state index contributed by atoms with van der Waals surface area (Å²) >= 11 is 3.83. The number of benzene rings is 1. The predicted molar refractivity (Wildman–Crippen MR) is 76.0 cm³/mol. The van der Waals surface area contributed by atoms with Crippen LogP contribution < -0.4 is 4.74 Å². The van der Waals surface area contributed by atoms with Crippen molar-refractivity contribution in [3.8, 4) is 5.75 Å². The molecule has 1 atom stereocenters. The molecule has 17 heavy (non-hydrogen) atoms. The van der Waals surface area contributed by atoms with Gasteiger partial charge in [-0.25, -0.2) is 0 Å². The van der Waals surface area contributed by atoms with Crippen LogP contribution >= 0.6 is 15.9 Å². The maximum absolute atomic E-state index is 5.25.